The number of fused-ring (bicyclic) bond motifs is 3. The summed E-state index contributed by atoms with van der Waals surface area (Å²) in [6.45, 7) is 0. The average molecular weight is 149 g/mol. The number of amides is 1. The van der Waals surface area contributed by atoms with Crippen LogP contribution < -0.4 is 5.32 Å². The van der Waals surface area contributed by atoms with E-state index in [2.05, 4.69) is 5.32 Å². The predicted molar refractivity (Wildman–Crippen MR) is 42.9 cm³/mol. The summed E-state index contributed by atoms with van der Waals surface area (Å²) < 4.78 is 0. The van der Waals surface area contributed by atoms with E-state index in [1.54, 1.807) is 0 Å². The normalized spacial score (nSPS) is 40.5. The Hall–Kier alpha value is -1.05. The van der Waals surface area contributed by atoms with Gasteiger partial charge < -0.3 is 5.32 Å². The second kappa shape index (κ2) is 2.53. The van der Waals surface area contributed by atoms with Crippen molar-refractivity contribution in [2.24, 2.45) is 5.92 Å². The summed E-state index contributed by atoms with van der Waals surface area (Å²) in [5, 5.41) is 2.94. The molecule has 1 aliphatic carbocycles. The van der Waals surface area contributed by atoms with Crippen molar-refractivity contribution in [1.82, 2.24) is 5.32 Å². The first-order valence-electron chi connectivity index (χ1n) is 4.01. The molecule has 3 aliphatic rings. The minimum Gasteiger partial charge on any atom is -0.349 e. The highest BCUT2D eigenvalue weighted by atomic mass is 16.2. The highest BCUT2D eigenvalue weighted by molar-refractivity contribution is 5.82. The number of piperidine rings is 1. The van der Waals surface area contributed by atoms with Gasteiger partial charge in [-0.25, -0.2) is 0 Å². The molecule has 2 unspecified atom stereocenters. The molecule has 1 fully saturated rings. The lowest BCUT2D eigenvalue weighted by molar-refractivity contribution is -0.125. The van der Waals surface area contributed by atoms with Gasteiger partial charge in [0.25, 0.3) is 0 Å². The third-order valence-corrected chi connectivity index (χ3v) is 2.25. The molecule has 2 bridgehead atoms. The first-order chi connectivity index (χ1) is 5.36. The lowest BCUT2D eigenvalue weighted by Gasteiger charge is -2.26. The molecule has 0 spiro atoms. The topological polar surface area (TPSA) is 29.1 Å². The molecule has 2 atom stereocenters. The Morgan fingerprint density at radius 1 is 1.27 bits per heavy atom. The summed E-state index contributed by atoms with van der Waals surface area (Å²) >= 11 is 0. The molecule has 0 aromatic carbocycles. The van der Waals surface area contributed by atoms with Crippen molar-refractivity contribution in [3.05, 3.63) is 24.3 Å². The zero-order chi connectivity index (χ0) is 7.68. The molecular formula is C9H11NO. The maximum atomic E-state index is 11.2. The monoisotopic (exact) mass is 149 g/mol. The Morgan fingerprint density at radius 3 is 2.91 bits per heavy atom. The van der Waals surface area contributed by atoms with Crippen molar-refractivity contribution in [3.63, 3.8) is 0 Å². The van der Waals surface area contributed by atoms with Gasteiger partial charge in [-0.05, 0) is 12.8 Å². The molecule has 2 nitrogen and oxygen atoms in total. The van der Waals surface area contributed by atoms with Crippen LogP contribution in [0.4, 0.5) is 0 Å². The molecule has 1 amide bonds. The molecule has 0 aromatic heterocycles. The van der Waals surface area contributed by atoms with Gasteiger partial charge in [0, 0.05) is 6.04 Å². The molecule has 2 aliphatic heterocycles. The van der Waals surface area contributed by atoms with E-state index < -0.39 is 0 Å². The SMILES string of the molecule is O=C1NC2/C=C\C=C/C1CC2. The summed E-state index contributed by atoms with van der Waals surface area (Å²) in [7, 11) is 0. The number of allylic oxidation sites excluding steroid dienone is 2. The molecule has 0 radical (unpaired) electrons. The predicted octanol–water partition coefficient (Wildman–Crippen LogP) is 1.01. The summed E-state index contributed by atoms with van der Waals surface area (Å²) in [4.78, 5) is 11.2. The molecule has 0 saturated carbocycles. The van der Waals surface area contributed by atoms with Gasteiger partial charge >= 0.3 is 0 Å². The van der Waals surface area contributed by atoms with E-state index in [0.717, 1.165) is 12.8 Å². The number of carbonyl (C=O) groups excluding carboxylic acids is 1. The standard InChI is InChI=1S/C9H11NO/c11-9-7-3-1-2-4-8(10-9)6-5-7/h1-4,7-8H,5-6H2,(H,10,11)/b3-1-,4-2-. The van der Waals surface area contributed by atoms with E-state index in [1.165, 1.54) is 0 Å². The third kappa shape index (κ3) is 1.20. The maximum Gasteiger partial charge on any atom is 0.227 e. The molecule has 2 heterocycles. The van der Waals surface area contributed by atoms with Crippen LogP contribution in [0.1, 0.15) is 12.8 Å². The van der Waals surface area contributed by atoms with Crippen LogP contribution in [0.25, 0.3) is 0 Å². The Balaban J connectivity index is 2.27. The number of hydrogen-bond acceptors (Lipinski definition) is 1. The second-order valence-corrected chi connectivity index (χ2v) is 3.07. The number of hydrogen-bond donors (Lipinski definition) is 1. The van der Waals surface area contributed by atoms with Crippen LogP contribution in [-0.2, 0) is 4.79 Å². The van der Waals surface area contributed by atoms with Crippen molar-refractivity contribution >= 4 is 5.91 Å². The van der Waals surface area contributed by atoms with Crippen LogP contribution in [0.15, 0.2) is 24.3 Å². The Labute approximate surface area is 66.0 Å². The second-order valence-electron chi connectivity index (χ2n) is 3.07. The van der Waals surface area contributed by atoms with Crippen molar-refractivity contribution in [3.8, 4) is 0 Å². The highest BCUT2D eigenvalue weighted by Gasteiger charge is 2.24. The summed E-state index contributed by atoms with van der Waals surface area (Å²) in [6, 6.07) is 0.281. The molecular weight excluding hydrogens is 138 g/mol. The van der Waals surface area contributed by atoms with Crippen molar-refractivity contribution in [1.29, 1.82) is 0 Å². The van der Waals surface area contributed by atoms with E-state index in [4.69, 9.17) is 0 Å². The lowest BCUT2D eigenvalue weighted by atomic mass is 9.91. The molecule has 3 rings (SSSR count). The van der Waals surface area contributed by atoms with Gasteiger partial charge in [0.05, 0.1) is 5.92 Å². The van der Waals surface area contributed by atoms with Gasteiger partial charge in [-0.2, -0.15) is 0 Å². The van der Waals surface area contributed by atoms with Crippen LogP contribution in [-0.4, -0.2) is 11.9 Å². The molecule has 11 heavy (non-hydrogen) atoms. The van der Waals surface area contributed by atoms with E-state index in [0.29, 0.717) is 0 Å². The van der Waals surface area contributed by atoms with E-state index in [1.807, 2.05) is 24.3 Å². The van der Waals surface area contributed by atoms with E-state index in [9.17, 15) is 4.79 Å². The first-order valence-corrected chi connectivity index (χ1v) is 4.01. The van der Waals surface area contributed by atoms with Crippen LogP contribution in [0.2, 0.25) is 0 Å². The van der Waals surface area contributed by atoms with Crippen LogP contribution in [0, 0.1) is 5.92 Å². The van der Waals surface area contributed by atoms with Gasteiger partial charge in [-0.1, -0.05) is 24.3 Å². The summed E-state index contributed by atoms with van der Waals surface area (Å²) in [5.74, 6) is 0.304. The fourth-order valence-electron chi connectivity index (χ4n) is 1.58. The largest absolute Gasteiger partial charge is 0.349 e. The number of nitrogens with one attached hydrogen (secondary N) is 1. The molecule has 2 heteroatoms. The minimum atomic E-state index is 0.121. The smallest absolute Gasteiger partial charge is 0.227 e. The highest BCUT2D eigenvalue weighted by Crippen LogP contribution is 2.19. The zero-order valence-corrected chi connectivity index (χ0v) is 6.29. The Bertz CT molecular complexity index is 230. The van der Waals surface area contributed by atoms with Gasteiger partial charge in [0.15, 0.2) is 0 Å². The minimum absolute atomic E-state index is 0.121. The van der Waals surface area contributed by atoms with Crippen molar-refractivity contribution in [2.45, 2.75) is 18.9 Å². The Kier molecular flexibility index (Phi) is 1.53. The number of carbonyl (C=O) groups is 1. The quantitative estimate of drug-likeness (QED) is 0.547. The van der Waals surface area contributed by atoms with Crippen molar-refractivity contribution < 1.29 is 4.79 Å². The number of rotatable bonds is 0. The van der Waals surface area contributed by atoms with E-state index in [-0.39, 0.29) is 17.9 Å². The fourth-order valence-corrected chi connectivity index (χ4v) is 1.58. The van der Waals surface area contributed by atoms with Gasteiger partial charge in [-0.15, -0.1) is 0 Å². The first kappa shape index (κ1) is 6.65. The molecule has 1 N–H and O–H groups in total. The maximum absolute atomic E-state index is 11.2. The lowest BCUT2D eigenvalue weighted by Crippen LogP contribution is -2.42. The average Bonchev–Trinajstić information content (AvgIpc) is 1.92. The van der Waals surface area contributed by atoms with Crippen LogP contribution >= 0.6 is 0 Å². The third-order valence-electron chi connectivity index (χ3n) is 2.25. The summed E-state index contributed by atoms with van der Waals surface area (Å²) in [5.41, 5.74) is 0. The van der Waals surface area contributed by atoms with Crippen LogP contribution in [0.5, 0.6) is 0 Å². The van der Waals surface area contributed by atoms with Crippen molar-refractivity contribution in [2.75, 3.05) is 0 Å². The van der Waals surface area contributed by atoms with Gasteiger partial charge in [0.1, 0.15) is 0 Å². The molecule has 1 saturated heterocycles. The molecule has 58 valence electrons. The zero-order valence-electron chi connectivity index (χ0n) is 6.29. The fraction of sp³-hybridized carbons (Fsp3) is 0.444. The van der Waals surface area contributed by atoms with E-state index >= 15 is 0 Å². The van der Waals surface area contributed by atoms with Gasteiger partial charge in [0.2, 0.25) is 5.91 Å². The summed E-state index contributed by atoms with van der Waals surface area (Å²) in [6.07, 6.45) is 10.1. The molecule has 0 aromatic rings. The Morgan fingerprint density at radius 2 is 2.09 bits per heavy atom. The van der Waals surface area contributed by atoms with Crippen LogP contribution in [0.3, 0.4) is 0 Å². The van der Waals surface area contributed by atoms with Gasteiger partial charge in [-0.3, -0.25) is 4.79 Å².